The van der Waals surface area contributed by atoms with Crippen LogP contribution < -0.4 is 0 Å². The van der Waals surface area contributed by atoms with Gasteiger partial charge in [0.25, 0.3) is 5.91 Å². The van der Waals surface area contributed by atoms with Crippen LogP contribution in [0.5, 0.6) is 0 Å². The number of aromatic nitrogens is 1. The maximum atomic E-state index is 13.3. The predicted octanol–water partition coefficient (Wildman–Crippen LogP) is 4.56. The molecule has 1 aromatic heterocycles. The Kier molecular flexibility index (Phi) is 10.4. The maximum Gasteiger partial charge on any atom is 0.341 e. The number of benzene rings is 1. The first-order chi connectivity index (χ1) is 15.2. The van der Waals surface area contributed by atoms with Gasteiger partial charge >= 0.3 is 11.9 Å². The summed E-state index contributed by atoms with van der Waals surface area (Å²) in [5, 5.41) is 8.74. The molecule has 0 aliphatic heterocycles. The summed E-state index contributed by atoms with van der Waals surface area (Å²) in [6.07, 6.45) is 2.18. The van der Waals surface area contributed by atoms with Crippen molar-refractivity contribution in [3.05, 3.63) is 63.7 Å². The summed E-state index contributed by atoms with van der Waals surface area (Å²) in [7, 11) is 1.54. The molecule has 0 unspecified atom stereocenters. The summed E-state index contributed by atoms with van der Waals surface area (Å²) in [5.41, 5.74) is 4.26. The number of hydrogen-bond acceptors (Lipinski definition) is 5. The zero-order chi connectivity index (χ0) is 24.4. The van der Waals surface area contributed by atoms with E-state index < -0.39 is 18.5 Å². The average Bonchev–Trinajstić information content (AvgIpc) is 3.04. The molecule has 7 nitrogen and oxygen atoms in total. The number of allylic oxidation sites excluding steroid dienone is 1. The van der Waals surface area contributed by atoms with E-state index in [-0.39, 0.29) is 12.3 Å². The minimum absolute atomic E-state index is 0.150. The predicted molar refractivity (Wildman–Crippen MR) is 124 cm³/mol. The van der Waals surface area contributed by atoms with Gasteiger partial charge in [0.2, 0.25) is 0 Å². The van der Waals surface area contributed by atoms with Crippen molar-refractivity contribution >= 4 is 23.9 Å². The third-order valence-corrected chi connectivity index (χ3v) is 4.86. The minimum atomic E-state index is -1.23. The second-order valence-corrected chi connectivity index (χ2v) is 6.97. The normalized spacial score (nSPS) is 10.8. The Morgan fingerprint density at radius 3 is 2.19 bits per heavy atom. The Morgan fingerprint density at radius 1 is 1.09 bits per heavy atom. The first kappa shape index (κ1) is 26.7. The fourth-order valence-electron chi connectivity index (χ4n) is 3.27. The Hall–Kier alpha value is -3.35. The van der Waals surface area contributed by atoms with Crippen LogP contribution in [0, 0.1) is 13.8 Å². The number of carboxylic acids is 1. The van der Waals surface area contributed by atoms with E-state index in [9.17, 15) is 14.4 Å². The van der Waals surface area contributed by atoms with Crippen LogP contribution in [0.4, 0.5) is 0 Å². The van der Waals surface area contributed by atoms with E-state index in [2.05, 4.69) is 0 Å². The van der Waals surface area contributed by atoms with Crippen LogP contribution in [0.15, 0.2) is 30.0 Å². The van der Waals surface area contributed by atoms with Gasteiger partial charge in [0, 0.05) is 22.5 Å². The lowest BCUT2D eigenvalue weighted by atomic mass is 10.0. The SMILES string of the molecule is CC.CCc1c(/C=C(\C)OC)c(CC(=O)OCC(=O)O)c(C)n1C(=O)c1ccc(C)cc1. The monoisotopic (exact) mass is 443 g/mol. The topological polar surface area (TPSA) is 94.8 Å². The molecule has 2 aromatic rings. The molecule has 0 atom stereocenters. The molecule has 174 valence electrons. The van der Waals surface area contributed by atoms with Crippen molar-refractivity contribution in [3.8, 4) is 0 Å². The van der Waals surface area contributed by atoms with Crippen LogP contribution in [-0.4, -0.2) is 41.2 Å². The third kappa shape index (κ3) is 6.57. The number of carbonyl (C=O) groups is 3. The van der Waals surface area contributed by atoms with Crippen molar-refractivity contribution in [1.82, 2.24) is 4.57 Å². The highest BCUT2D eigenvalue weighted by atomic mass is 16.5. The highest BCUT2D eigenvalue weighted by molar-refractivity contribution is 5.98. The molecule has 0 saturated carbocycles. The van der Waals surface area contributed by atoms with Gasteiger partial charge in [-0.3, -0.25) is 14.2 Å². The second kappa shape index (κ2) is 12.5. The Labute approximate surface area is 189 Å². The summed E-state index contributed by atoms with van der Waals surface area (Å²) in [6.45, 7) is 10.7. The van der Waals surface area contributed by atoms with E-state index in [4.69, 9.17) is 14.6 Å². The number of carbonyl (C=O) groups excluding carboxylic acids is 2. The molecule has 7 heteroatoms. The molecule has 0 amide bonds. The number of hydrogen-bond donors (Lipinski definition) is 1. The van der Waals surface area contributed by atoms with Gasteiger partial charge in [0.1, 0.15) is 0 Å². The van der Waals surface area contributed by atoms with Gasteiger partial charge in [0.15, 0.2) is 6.61 Å². The van der Waals surface area contributed by atoms with E-state index in [1.54, 1.807) is 43.7 Å². The van der Waals surface area contributed by atoms with E-state index in [0.717, 1.165) is 11.3 Å². The van der Waals surface area contributed by atoms with Crippen LogP contribution >= 0.6 is 0 Å². The van der Waals surface area contributed by atoms with Gasteiger partial charge in [-0.2, -0.15) is 0 Å². The number of aryl methyl sites for hydroxylation is 1. The molecule has 0 saturated heterocycles. The molecule has 0 radical (unpaired) electrons. The number of carboxylic acid groups (broad SMARTS) is 1. The summed E-state index contributed by atoms with van der Waals surface area (Å²) in [6, 6.07) is 7.29. The summed E-state index contributed by atoms with van der Waals surface area (Å²) < 4.78 is 11.7. The lowest BCUT2D eigenvalue weighted by Gasteiger charge is -2.10. The molecule has 0 bridgehead atoms. The Bertz CT molecular complexity index is 983. The number of nitrogens with zero attached hydrogens (tertiary/aromatic N) is 1. The maximum absolute atomic E-state index is 13.3. The first-order valence-corrected chi connectivity index (χ1v) is 10.6. The van der Waals surface area contributed by atoms with E-state index in [1.807, 2.05) is 39.8 Å². The fourth-order valence-corrected chi connectivity index (χ4v) is 3.27. The summed E-state index contributed by atoms with van der Waals surface area (Å²) in [4.78, 5) is 36.2. The van der Waals surface area contributed by atoms with Gasteiger partial charge in [-0.15, -0.1) is 0 Å². The molecule has 0 spiro atoms. The number of ether oxygens (including phenoxy) is 2. The molecule has 1 aromatic carbocycles. The quantitative estimate of drug-likeness (QED) is 0.475. The van der Waals surface area contributed by atoms with Gasteiger partial charge in [-0.1, -0.05) is 38.5 Å². The lowest BCUT2D eigenvalue weighted by molar-refractivity contribution is -0.154. The number of methoxy groups -OCH3 is 1. The van der Waals surface area contributed by atoms with Crippen LogP contribution in [0.25, 0.3) is 6.08 Å². The summed E-state index contributed by atoms with van der Waals surface area (Å²) in [5.74, 6) is -1.48. The Morgan fingerprint density at radius 2 is 1.69 bits per heavy atom. The van der Waals surface area contributed by atoms with Crippen LogP contribution in [0.1, 0.15) is 66.1 Å². The van der Waals surface area contributed by atoms with Crippen molar-refractivity contribution < 1.29 is 29.0 Å². The third-order valence-electron chi connectivity index (χ3n) is 4.86. The molecule has 1 N–H and O–H groups in total. The van der Waals surface area contributed by atoms with Crippen molar-refractivity contribution in [2.45, 2.75) is 54.4 Å². The van der Waals surface area contributed by atoms with Crippen molar-refractivity contribution in [3.63, 3.8) is 0 Å². The number of aliphatic carboxylic acids is 1. The van der Waals surface area contributed by atoms with Crippen LogP contribution in [0.2, 0.25) is 0 Å². The molecular formula is C25H33NO6. The van der Waals surface area contributed by atoms with Crippen LogP contribution in [-0.2, 0) is 31.9 Å². The van der Waals surface area contributed by atoms with Gasteiger partial charge in [-0.25, -0.2) is 4.79 Å². The molecule has 1 heterocycles. The molecule has 32 heavy (non-hydrogen) atoms. The Balaban J connectivity index is 0.00000249. The van der Waals surface area contributed by atoms with Crippen molar-refractivity contribution in [1.29, 1.82) is 0 Å². The molecular weight excluding hydrogens is 410 g/mol. The van der Waals surface area contributed by atoms with Gasteiger partial charge in [0.05, 0.1) is 19.3 Å². The molecule has 2 rings (SSSR count). The van der Waals surface area contributed by atoms with E-state index in [0.29, 0.717) is 34.6 Å². The van der Waals surface area contributed by atoms with E-state index in [1.165, 1.54) is 0 Å². The van der Waals surface area contributed by atoms with Crippen LogP contribution in [0.3, 0.4) is 0 Å². The minimum Gasteiger partial charge on any atom is -0.501 e. The fraction of sp³-hybridized carbons (Fsp3) is 0.400. The first-order valence-electron chi connectivity index (χ1n) is 10.6. The van der Waals surface area contributed by atoms with Gasteiger partial charge in [-0.05, 0) is 51.0 Å². The zero-order valence-corrected chi connectivity index (χ0v) is 19.9. The number of esters is 1. The lowest BCUT2D eigenvalue weighted by Crippen LogP contribution is -2.17. The standard InChI is InChI=1S/C23H27NO6.C2H6/c1-6-20-19(11-15(3)29-5)18(12-22(27)30-13-21(25)26)16(4)24(20)23(28)17-9-7-14(2)8-10-17;1-2/h7-11H,6,12-13H2,1-5H3,(H,25,26);1-2H3/b15-11+;. The summed E-state index contributed by atoms with van der Waals surface area (Å²) >= 11 is 0. The average molecular weight is 444 g/mol. The molecule has 0 aliphatic carbocycles. The number of rotatable bonds is 8. The van der Waals surface area contributed by atoms with Crippen molar-refractivity contribution in [2.75, 3.05) is 13.7 Å². The highest BCUT2D eigenvalue weighted by Gasteiger charge is 2.25. The second-order valence-electron chi connectivity index (χ2n) is 6.97. The van der Waals surface area contributed by atoms with E-state index >= 15 is 0 Å². The smallest absolute Gasteiger partial charge is 0.341 e. The zero-order valence-electron chi connectivity index (χ0n) is 19.9. The molecule has 0 aliphatic rings. The largest absolute Gasteiger partial charge is 0.501 e. The van der Waals surface area contributed by atoms with Gasteiger partial charge < -0.3 is 14.6 Å². The highest BCUT2D eigenvalue weighted by Crippen LogP contribution is 2.28. The van der Waals surface area contributed by atoms with Crippen molar-refractivity contribution in [2.24, 2.45) is 0 Å². The molecule has 0 fully saturated rings.